The minimum absolute atomic E-state index is 0.721. The van der Waals surface area contributed by atoms with Crippen molar-refractivity contribution in [2.75, 3.05) is 20.3 Å². The van der Waals surface area contributed by atoms with Gasteiger partial charge in [-0.3, -0.25) is 0 Å². The number of aryl methyl sites for hydroxylation is 1. The average Bonchev–Trinajstić information content (AvgIpc) is 2.55. The second-order valence-corrected chi connectivity index (χ2v) is 5.85. The summed E-state index contributed by atoms with van der Waals surface area (Å²) in [6.07, 6.45) is 11.1. The Morgan fingerprint density at radius 1 is 0.909 bits per heavy atom. The summed E-state index contributed by atoms with van der Waals surface area (Å²) in [7, 11) is 1.70. The van der Waals surface area contributed by atoms with Gasteiger partial charge in [-0.1, -0.05) is 51.5 Å². The van der Waals surface area contributed by atoms with Crippen molar-refractivity contribution in [3.63, 3.8) is 0 Å². The molecule has 0 aliphatic carbocycles. The molecule has 0 aliphatic rings. The van der Waals surface area contributed by atoms with E-state index >= 15 is 0 Å². The first-order valence-electron chi connectivity index (χ1n) is 8.81. The maximum absolute atomic E-state index is 5.87. The van der Waals surface area contributed by atoms with Gasteiger partial charge in [-0.25, -0.2) is 0 Å². The van der Waals surface area contributed by atoms with E-state index < -0.39 is 0 Å². The first-order chi connectivity index (χ1) is 10.8. The highest BCUT2D eigenvalue weighted by Gasteiger charge is 2.05. The highest BCUT2D eigenvalue weighted by Crippen LogP contribution is 2.28. The third-order valence-electron chi connectivity index (χ3n) is 3.90. The summed E-state index contributed by atoms with van der Waals surface area (Å²) < 4.78 is 11.3. The summed E-state index contributed by atoms with van der Waals surface area (Å²) in [4.78, 5) is 0. The molecule has 1 aromatic rings. The Morgan fingerprint density at radius 3 is 2.32 bits per heavy atom. The maximum atomic E-state index is 5.87. The number of methoxy groups -OCH3 is 1. The van der Waals surface area contributed by atoms with Gasteiger partial charge < -0.3 is 15.2 Å². The first-order valence-corrected chi connectivity index (χ1v) is 8.81. The molecular weight excluding hydrogens is 274 g/mol. The second-order valence-electron chi connectivity index (χ2n) is 5.85. The molecular formula is C19H33NO2. The summed E-state index contributed by atoms with van der Waals surface area (Å²) in [5.41, 5.74) is 6.81. The van der Waals surface area contributed by atoms with Crippen LogP contribution in [-0.2, 0) is 6.42 Å². The number of rotatable bonds is 13. The van der Waals surface area contributed by atoms with Crippen LogP contribution in [-0.4, -0.2) is 20.3 Å². The molecule has 0 aliphatic heterocycles. The van der Waals surface area contributed by atoms with Gasteiger partial charge in [0, 0.05) is 0 Å². The number of benzene rings is 1. The topological polar surface area (TPSA) is 44.5 Å². The number of unbranched alkanes of at least 4 members (excludes halogenated alkanes) is 6. The fourth-order valence-corrected chi connectivity index (χ4v) is 2.53. The number of hydrogen-bond acceptors (Lipinski definition) is 3. The summed E-state index contributed by atoms with van der Waals surface area (Å²) in [5.74, 6) is 1.68. The van der Waals surface area contributed by atoms with Crippen LogP contribution in [0.2, 0.25) is 0 Å². The van der Waals surface area contributed by atoms with Gasteiger partial charge in [0.2, 0.25) is 0 Å². The molecule has 0 amide bonds. The van der Waals surface area contributed by atoms with Gasteiger partial charge in [0.1, 0.15) is 0 Å². The van der Waals surface area contributed by atoms with Gasteiger partial charge in [0.25, 0.3) is 0 Å². The molecule has 0 bridgehead atoms. The molecule has 0 fully saturated rings. The van der Waals surface area contributed by atoms with Crippen LogP contribution in [0.25, 0.3) is 0 Å². The molecule has 1 rings (SSSR count). The van der Waals surface area contributed by atoms with E-state index in [4.69, 9.17) is 15.2 Å². The smallest absolute Gasteiger partial charge is 0.161 e. The molecule has 0 heterocycles. The molecule has 0 atom stereocenters. The highest BCUT2D eigenvalue weighted by molar-refractivity contribution is 5.43. The van der Waals surface area contributed by atoms with E-state index in [1.165, 1.54) is 44.1 Å². The fraction of sp³-hybridized carbons (Fsp3) is 0.684. The van der Waals surface area contributed by atoms with Crippen LogP contribution >= 0.6 is 0 Å². The molecule has 0 spiro atoms. The van der Waals surface area contributed by atoms with Gasteiger partial charge in [-0.2, -0.15) is 0 Å². The largest absolute Gasteiger partial charge is 0.493 e. The Labute approximate surface area is 136 Å². The fourth-order valence-electron chi connectivity index (χ4n) is 2.53. The lowest BCUT2D eigenvalue weighted by molar-refractivity contribution is 0.284. The van der Waals surface area contributed by atoms with Crippen LogP contribution in [0.5, 0.6) is 11.5 Å². The van der Waals surface area contributed by atoms with Crippen LogP contribution in [0, 0.1) is 0 Å². The predicted molar refractivity (Wildman–Crippen MR) is 93.9 cm³/mol. The van der Waals surface area contributed by atoms with Crippen LogP contribution in [0.1, 0.15) is 63.9 Å². The Balaban J connectivity index is 2.27. The van der Waals surface area contributed by atoms with Crippen molar-refractivity contribution >= 4 is 0 Å². The van der Waals surface area contributed by atoms with Crippen molar-refractivity contribution in [2.24, 2.45) is 5.73 Å². The van der Waals surface area contributed by atoms with Crippen molar-refractivity contribution in [1.29, 1.82) is 0 Å². The standard InChI is InChI=1S/C19H33NO2/c1-3-4-5-6-7-8-9-15-22-18-13-12-17(11-10-14-20)16-19(18)21-2/h12-13,16H,3-11,14-15,20H2,1-2H3. The van der Waals surface area contributed by atoms with E-state index in [2.05, 4.69) is 19.1 Å². The molecule has 0 unspecified atom stereocenters. The molecule has 0 aromatic heterocycles. The third kappa shape index (κ3) is 7.69. The number of ether oxygens (including phenoxy) is 2. The number of nitrogens with two attached hydrogens (primary N) is 1. The Bertz CT molecular complexity index is 393. The summed E-state index contributed by atoms with van der Waals surface area (Å²) in [6, 6.07) is 6.19. The van der Waals surface area contributed by atoms with E-state index in [0.29, 0.717) is 0 Å². The summed E-state index contributed by atoms with van der Waals surface area (Å²) >= 11 is 0. The van der Waals surface area contributed by atoms with Crippen LogP contribution < -0.4 is 15.2 Å². The molecule has 0 saturated heterocycles. The highest BCUT2D eigenvalue weighted by atomic mass is 16.5. The Hall–Kier alpha value is -1.22. The van der Waals surface area contributed by atoms with Crippen molar-refractivity contribution in [3.05, 3.63) is 23.8 Å². The Morgan fingerprint density at radius 2 is 1.64 bits per heavy atom. The van der Waals surface area contributed by atoms with Gasteiger partial charge in [0.15, 0.2) is 11.5 Å². The normalized spacial score (nSPS) is 10.7. The molecule has 0 saturated carbocycles. The van der Waals surface area contributed by atoms with E-state index in [-0.39, 0.29) is 0 Å². The minimum atomic E-state index is 0.721. The summed E-state index contributed by atoms with van der Waals surface area (Å²) in [6.45, 7) is 3.74. The van der Waals surface area contributed by atoms with Gasteiger partial charge in [-0.05, 0) is 43.5 Å². The zero-order valence-electron chi connectivity index (χ0n) is 14.4. The van der Waals surface area contributed by atoms with E-state index in [0.717, 1.165) is 43.9 Å². The first kappa shape index (κ1) is 18.8. The van der Waals surface area contributed by atoms with Crippen molar-refractivity contribution < 1.29 is 9.47 Å². The van der Waals surface area contributed by atoms with E-state index in [9.17, 15) is 0 Å². The predicted octanol–water partition coefficient (Wildman–Crippen LogP) is 4.72. The van der Waals surface area contributed by atoms with Crippen LogP contribution in [0.4, 0.5) is 0 Å². The van der Waals surface area contributed by atoms with Crippen molar-refractivity contribution in [2.45, 2.75) is 64.7 Å². The van der Waals surface area contributed by atoms with Gasteiger partial charge in [0.05, 0.1) is 13.7 Å². The van der Waals surface area contributed by atoms with Crippen molar-refractivity contribution in [1.82, 2.24) is 0 Å². The molecule has 126 valence electrons. The van der Waals surface area contributed by atoms with Crippen LogP contribution in [0.15, 0.2) is 18.2 Å². The zero-order valence-corrected chi connectivity index (χ0v) is 14.4. The minimum Gasteiger partial charge on any atom is -0.493 e. The van der Waals surface area contributed by atoms with Crippen molar-refractivity contribution in [3.8, 4) is 11.5 Å². The lowest BCUT2D eigenvalue weighted by Crippen LogP contribution is -2.02. The van der Waals surface area contributed by atoms with E-state index in [1.54, 1.807) is 7.11 Å². The lowest BCUT2D eigenvalue weighted by atomic mass is 10.1. The average molecular weight is 307 g/mol. The Kier molecular flexibility index (Phi) is 10.6. The monoisotopic (exact) mass is 307 g/mol. The molecule has 3 heteroatoms. The zero-order chi connectivity index (χ0) is 16.0. The second kappa shape index (κ2) is 12.3. The van der Waals surface area contributed by atoms with Gasteiger partial charge >= 0.3 is 0 Å². The lowest BCUT2D eigenvalue weighted by Gasteiger charge is -2.12. The molecule has 0 radical (unpaired) electrons. The maximum Gasteiger partial charge on any atom is 0.161 e. The van der Waals surface area contributed by atoms with Gasteiger partial charge in [-0.15, -0.1) is 0 Å². The number of hydrogen-bond donors (Lipinski definition) is 1. The summed E-state index contributed by atoms with van der Waals surface area (Å²) in [5, 5.41) is 0. The third-order valence-corrected chi connectivity index (χ3v) is 3.90. The molecule has 2 N–H and O–H groups in total. The molecule has 3 nitrogen and oxygen atoms in total. The molecule has 22 heavy (non-hydrogen) atoms. The van der Waals surface area contributed by atoms with E-state index in [1.807, 2.05) is 6.07 Å². The van der Waals surface area contributed by atoms with Crippen LogP contribution in [0.3, 0.4) is 0 Å². The molecule has 1 aromatic carbocycles. The SMILES string of the molecule is CCCCCCCCCOc1ccc(CCCN)cc1OC. The quantitative estimate of drug-likeness (QED) is 0.536.